The minimum atomic E-state index is -0.802. The molecule has 3 rings (SSSR count). The van der Waals surface area contributed by atoms with Crippen molar-refractivity contribution in [2.24, 2.45) is 12.1 Å². The molecule has 0 spiro atoms. The summed E-state index contributed by atoms with van der Waals surface area (Å²) in [5.41, 5.74) is 1.42. The summed E-state index contributed by atoms with van der Waals surface area (Å²) < 4.78 is 28.1. The Kier molecular flexibility index (Phi) is 4.34. The van der Waals surface area contributed by atoms with Crippen molar-refractivity contribution in [2.75, 3.05) is 0 Å². The van der Waals surface area contributed by atoms with E-state index in [2.05, 4.69) is 15.6 Å². The van der Waals surface area contributed by atoms with Gasteiger partial charge in [0.25, 0.3) is 11.5 Å². The van der Waals surface area contributed by atoms with Gasteiger partial charge in [-0.05, 0) is 18.2 Å². The van der Waals surface area contributed by atoms with Crippen molar-refractivity contribution >= 4 is 22.9 Å². The second kappa shape index (κ2) is 6.60. The molecule has 0 saturated heterocycles. The van der Waals surface area contributed by atoms with Crippen molar-refractivity contribution in [3.8, 4) is 0 Å². The summed E-state index contributed by atoms with van der Waals surface area (Å²) in [4.78, 5) is 24.3. The molecule has 6 nitrogen and oxygen atoms in total. The second-order valence-electron chi connectivity index (χ2n) is 5.16. The van der Waals surface area contributed by atoms with Crippen LogP contribution in [0.5, 0.6) is 0 Å². The van der Waals surface area contributed by atoms with E-state index in [1.807, 2.05) is 0 Å². The van der Waals surface area contributed by atoms with Crippen LogP contribution in [0.3, 0.4) is 0 Å². The normalized spacial score (nSPS) is 11.2. The minimum absolute atomic E-state index is 0.0242. The quantitative estimate of drug-likeness (QED) is 0.584. The van der Waals surface area contributed by atoms with Crippen LogP contribution in [0.15, 0.2) is 52.4 Å². The average molecular weight is 342 g/mol. The van der Waals surface area contributed by atoms with Crippen LogP contribution >= 0.6 is 0 Å². The van der Waals surface area contributed by atoms with Crippen LogP contribution in [0.4, 0.5) is 8.78 Å². The largest absolute Gasteiger partial charge is 0.292 e. The topological polar surface area (TPSA) is 76.3 Å². The van der Waals surface area contributed by atoms with Gasteiger partial charge in [0.15, 0.2) is 5.69 Å². The van der Waals surface area contributed by atoms with E-state index in [4.69, 9.17) is 0 Å². The average Bonchev–Trinajstić information content (AvgIpc) is 2.60. The Balaban J connectivity index is 1.92. The number of fused-ring (bicyclic) bond motifs is 1. The van der Waals surface area contributed by atoms with Crippen molar-refractivity contribution in [1.82, 2.24) is 15.2 Å². The molecule has 3 aromatic rings. The van der Waals surface area contributed by atoms with Crippen molar-refractivity contribution < 1.29 is 13.6 Å². The number of nitrogens with zero attached hydrogens (tertiary/aromatic N) is 3. The number of carbonyl (C=O) groups is 1. The van der Waals surface area contributed by atoms with E-state index in [-0.39, 0.29) is 16.8 Å². The van der Waals surface area contributed by atoms with Gasteiger partial charge in [-0.3, -0.25) is 9.59 Å². The fourth-order valence-electron chi connectivity index (χ4n) is 2.31. The number of carbonyl (C=O) groups excluding carboxylic acids is 1. The highest BCUT2D eigenvalue weighted by atomic mass is 19.1. The van der Waals surface area contributed by atoms with Gasteiger partial charge in [0, 0.05) is 12.4 Å². The molecule has 1 heterocycles. The Labute approximate surface area is 140 Å². The first kappa shape index (κ1) is 16.4. The zero-order chi connectivity index (χ0) is 18.0. The van der Waals surface area contributed by atoms with Gasteiger partial charge in [0.2, 0.25) is 0 Å². The number of aromatic nitrogens is 2. The third-order valence-corrected chi connectivity index (χ3v) is 3.53. The first-order valence-corrected chi connectivity index (χ1v) is 7.22. The molecule has 0 aliphatic heterocycles. The van der Waals surface area contributed by atoms with Crippen molar-refractivity contribution in [3.63, 3.8) is 0 Å². The maximum absolute atomic E-state index is 13.5. The molecule has 25 heavy (non-hydrogen) atoms. The molecule has 8 heteroatoms. The maximum atomic E-state index is 13.5. The van der Waals surface area contributed by atoms with Gasteiger partial charge in [0.1, 0.15) is 11.6 Å². The summed E-state index contributed by atoms with van der Waals surface area (Å²) in [6.45, 7) is 0. The van der Waals surface area contributed by atoms with Crippen LogP contribution < -0.4 is 11.0 Å². The zero-order valence-electron chi connectivity index (χ0n) is 13.0. The molecular formula is C17H12F2N4O2. The van der Waals surface area contributed by atoms with E-state index < -0.39 is 17.5 Å². The monoisotopic (exact) mass is 342 g/mol. The predicted octanol–water partition coefficient (Wildman–Crippen LogP) is 1.98. The minimum Gasteiger partial charge on any atom is -0.267 e. The number of benzene rings is 2. The third kappa shape index (κ3) is 3.14. The molecule has 0 unspecified atom stereocenters. The summed E-state index contributed by atoms with van der Waals surface area (Å²) in [6, 6.07) is 9.87. The van der Waals surface area contributed by atoms with Gasteiger partial charge < -0.3 is 0 Å². The van der Waals surface area contributed by atoms with Gasteiger partial charge in [-0.25, -0.2) is 18.9 Å². The van der Waals surface area contributed by atoms with E-state index in [9.17, 15) is 18.4 Å². The van der Waals surface area contributed by atoms with E-state index in [0.29, 0.717) is 10.8 Å². The number of amides is 1. The SMILES string of the molecule is Cn1nc(C(=O)N/N=C\c2c(F)cccc2F)c2ccccc2c1=O. The van der Waals surface area contributed by atoms with Crippen molar-refractivity contribution in [3.05, 3.63) is 75.7 Å². The van der Waals surface area contributed by atoms with Crippen LogP contribution in [0.1, 0.15) is 16.1 Å². The van der Waals surface area contributed by atoms with E-state index in [0.717, 1.165) is 23.0 Å². The molecule has 0 saturated carbocycles. The van der Waals surface area contributed by atoms with Crippen molar-refractivity contribution in [1.29, 1.82) is 0 Å². The lowest BCUT2D eigenvalue weighted by molar-refractivity contribution is 0.0950. The smallest absolute Gasteiger partial charge is 0.267 e. The number of hydrogen-bond acceptors (Lipinski definition) is 4. The van der Waals surface area contributed by atoms with E-state index in [1.54, 1.807) is 24.3 Å². The zero-order valence-corrected chi connectivity index (χ0v) is 13.0. The molecule has 0 bridgehead atoms. The van der Waals surface area contributed by atoms with Crippen LogP contribution in [-0.2, 0) is 7.05 Å². The van der Waals surface area contributed by atoms with E-state index in [1.165, 1.54) is 13.1 Å². The standard InChI is InChI=1S/C17H12F2N4O2/c1-23-17(25)11-6-3-2-5-10(11)15(22-23)16(24)21-20-9-12-13(18)7-4-8-14(12)19/h2-9H,1H3,(H,21,24)/b20-9-. The Morgan fingerprint density at radius 3 is 2.44 bits per heavy atom. The molecule has 0 fully saturated rings. The van der Waals surface area contributed by atoms with Crippen LogP contribution in [0, 0.1) is 11.6 Å². The highest BCUT2D eigenvalue weighted by molar-refractivity contribution is 6.04. The fraction of sp³-hybridized carbons (Fsp3) is 0.0588. The van der Waals surface area contributed by atoms with E-state index >= 15 is 0 Å². The Hall–Kier alpha value is -3.42. The molecule has 0 aliphatic carbocycles. The maximum Gasteiger partial charge on any atom is 0.292 e. The molecule has 0 atom stereocenters. The Morgan fingerprint density at radius 1 is 1.12 bits per heavy atom. The number of halogens is 2. The summed E-state index contributed by atoms with van der Waals surface area (Å²) in [7, 11) is 1.42. The van der Waals surface area contributed by atoms with Gasteiger partial charge in [-0.1, -0.05) is 24.3 Å². The van der Waals surface area contributed by atoms with Gasteiger partial charge in [-0.15, -0.1) is 0 Å². The van der Waals surface area contributed by atoms with Gasteiger partial charge in [-0.2, -0.15) is 10.2 Å². The van der Waals surface area contributed by atoms with Gasteiger partial charge >= 0.3 is 0 Å². The first-order valence-electron chi connectivity index (χ1n) is 7.22. The lowest BCUT2D eigenvalue weighted by atomic mass is 10.1. The first-order chi connectivity index (χ1) is 12.0. The summed E-state index contributed by atoms with van der Waals surface area (Å²) in [5.74, 6) is -2.31. The molecule has 2 aromatic carbocycles. The molecule has 1 N–H and O–H groups in total. The number of nitrogens with one attached hydrogen (secondary N) is 1. The Morgan fingerprint density at radius 2 is 1.76 bits per heavy atom. The molecule has 0 aliphatic rings. The number of hydrogen-bond donors (Lipinski definition) is 1. The van der Waals surface area contributed by atoms with Crippen LogP contribution in [-0.4, -0.2) is 21.9 Å². The molecule has 1 amide bonds. The number of aryl methyl sites for hydroxylation is 1. The second-order valence-corrected chi connectivity index (χ2v) is 5.16. The van der Waals surface area contributed by atoms with Crippen molar-refractivity contribution in [2.45, 2.75) is 0 Å². The highest BCUT2D eigenvalue weighted by Gasteiger charge is 2.15. The predicted molar refractivity (Wildman–Crippen MR) is 88.4 cm³/mol. The molecular weight excluding hydrogens is 330 g/mol. The fourth-order valence-corrected chi connectivity index (χ4v) is 2.31. The Bertz CT molecular complexity index is 1040. The third-order valence-electron chi connectivity index (χ3n) is 3.53. The molecule has 1 aromatic heterocycles. The summed E-state index contributed by atoms with van der Waals surface area (Å²) in [6.07, 6.45) is 0.868. The number of rotatable bonds is 3. The summed E-state index contributed by atoms with van der Waals surface area (Å²) in [5, 5.41) is 8.18. The summed E-state index contributed by atoms with van der Waals surface area (Å²) >= 11 is 0. The lowest BCUT2D eigenvalue weighted by Gasteiger charge is -2.06. The van der Waals surface area contributed by atoms with Gasteiger partial charge in [0.05, 0.1) is 17.2 Å². The molecule has 0 radical (unpaired) electrons. The lowest BCUT2D eigenvalue weighted by Crippen LogP contribution is -2.27. The highest BCUT2D eigenvalue weighted by Crippen LogP contribution is 2.13. The van der Waals surface area contributed by atoms with Crippen LogP contribution in [0.2, 0.25) is 0 Å². The molecule has 126 valence electrons. The van der Waals surface area contributed by atoms with Crippen LogP contribution in [0.25, 0.3) is 10.8 Å². The number of hydrazone groups is 1.